The Morgan fingerprint density at radius 3 is 2.53 bits per heavy atom. The molecule has 166 valence electrons. The van der Waals surface area contributed by atoms with Gasteiger partial charge in [-0.3, -0.25) is 9.47 Å². The molecule has 5 nitrogen and oxygen atoms in total. The molecule has 0 spiro atoms. The molecule has 1 fully saturated rings. The molecule has 2 aromatic heterocycles. The second kappa shape index (κ2) is 9.29. The predicted octanol–water partition coefficient (Wildman–Crippen LogP) is 5.93. The summed E-state index contributed by atoms with van der Waals surface area (Å²) < 4.78 is 1.96. The monoisotopic (exact) mass is 427 g/mol. The van der Waals surface area contributed by atoms with Crippen molar-refractivity contribution >= 4 is 10.9 Å². The minimum Gasteiger partial charge on any atom is -0.361 e. The lowest BCUT2D eigenvalue weighted by Gasteiger charge is -2.38. The number of aromatic nitrogens is 4. The van der Waals surface area contributed by atoms with Crippen LogP contribution in [-0.4, -0.2) is 37.7 Å². The van der Waals surface area contributed by atoms with E-state index in [1.165, 1.54) is 54.1 Å². The summed E-state index contributed by atoms with van der Waals surface area (Å²) in [5, 5.41) is 9.19. The van der Waals surface area contributed by atoms with Gasteiger partial charge >= 0.3 is 0 Å². The van der Waals surface area contributed by atoms with Gasteiger partial charge in [0.2, 0.25) is 0 Å². The first kappa shape index (κ1) is 21.0. The standard InChI is InChI=1S/C27H33N5/c1-20(22-6-4-3-5-7-22)31(2)24-12-9-21(10-13-24)8-11-23-17-28-27-15-14-25(16-26(23)27)32-18-29-30-19-32/h3-7,14-21,24,28H,8-13H2,1-2H3/t20?,21-,24+. The molecule has 0 amide bonds. The van der Waals surface area contributed by atoms with Gasteiger partial charge in [-0.1, -0.05) is 30.3 Å². The molecule has 0 bridgehead atoms. The SMILES string of the molecule is CC(c1ccccc1)N(C)[C@H]1CC[C@@H](CCc2c[nH]c3ccc(-n4cnnc4)cc23)CC1. The molecule has 0 aliphatic heterocycles. The van der Waals surface area contributed by atoms with Gasteiger partial charge in [0, 0.05) is 34.9 Å². The molecule has 1 N–H and O–H groups in total. The van der Waals surface area contributed by atoms with Crippen LogP contribution in [0.4, 0.5) is 0 Å². The quantitative estimate of drug-likeness (QED) is 0.397. The van der Waals surface area contributed by atoms with E-state index in [0.717, 1.165) is 18.0 Å². The number of nitrogens with one attached hydrogen (secondary N) is 1. The summed E-state index contributed by atoms with van der Waals surface area (Å²) in [5.41, 5.74) is 5.16. The van der Waals surface area contributed by atoms with Gasteiger partial charge in [0.25, 0.3) is 0 Å². The highest BCUT2D eigenvalue weighted by molar-refractivity contribution is 5.85. The molecular weight excluding hydrogens is 394 g/mol. The fraction of sp³-hybridized carbons (Fsp3) is 0.407. The fourth-order valence-corrected chi connectivity index (χ4v) is 5.35. The van der Waals surface area contributed by atoms with Crippen molar-refractivity contribution in [3.8, 4) is 5.69 Å². The highest BCUT2D eigenvalue weighted by atomic mass is 15.2. The third kappa shape index (κ3) is 4.35. The number of hydrogen-bond acceptors (Lipinski definition) is 3. The van der Waals surface area contributed by atoms with Crippen LogP contribution in [0.1, 0.15) is 56.2 Å². The summed E-state index contributed by atoms with van der Waals surface area (Å²) in [7, 11) is 2.31. The number of benzene rings is 2. The van der Waals surface area contributed by atoms with Gasteiger partial charge in [-0.25, -0.2) is 0 Å². The van der Waals surface area contributed by atoms with Crippen molar-refractivity contribution in [2.24, 2.45) is 5.92 Å². The Hall–Kier alpha value is -2.92. The van der Waals surface area contributed by atoms with Crippen molar-refractivity contribution in [2.75, 3.05) is 7.05 Å². The van der Waals surface area contributed by atoms with Crippen LogP contribution in [0.25, 0.3) is 16.6 Å². The Bertz CT molecular complexity index is 1120. The summed E-state index contributed by atoms with van der Waals surface area (Å²) >= 11 is 0. The lowest BCUT2D eigenvalue weighted by Crippen LogP contribution is -2.37. The average molecular weight is 428 g/mol. The van der Waals surface area contributed by atoms with E-state index in [-0.39, 0.29) is 0 Å². The third-order valence-electron chi connectivity index (χ3n) is 7.57. The van der Waals surface area contributed by atoms with Crippen molar-refractivity contribution in [1.82, 2.24) is 24.6 Å². The van der Waals surface area contributed by atoms with Gasteiger partial charge in [0.15, 0.2) is 0 Å². The average Bonchev–Trinajstić information content (AvgIpc) is 3.53. The zero-order valence-electron chi connectivity index (χ0n) is 19.1. The highest BCUT2D eigenvalue weighted by Gasteiger charge is 2.26. The predicted molar refractivity (Wildman–Crippen MR) is 130 cm³/mol. The van der Waals surface area contributed by atoms with Gasteiger partial charge in [-0.05, 0) is 87.7 Å². The van der Waals surface area contributed by atoms with Crippen LogP contribution >= 0.6 is 0 Å². The van der Waals surface area contributed by atoms with Crippen LogP contribution in [0, 0.1) is 5.92 Å². The maximum absolute atomic E-state index is 3.93. The number of rotatable bonds is 7. The van der Waals surface area contributed by atoms with Crippen molar-refractivity contribution < 1.29 is 0 Å². The van der Waals surface area contributed by atoms with Crippen molar-refractivity contribution in [2.45, 2.75) is 57.5 Å². The number of aromatic amines is 1. The molecule has 4 aromatic rings. The van der Waals surface area contributed by atoms with E-state index in [1.807, 2.05) is 4.57 Å². The molecule has 32 heavy (non-hydrogen) atoms. The lowest BCUT2D eigenvalue weighted by molar-refractivity contribution is 0.125. The molecule has 2 aromatic carbocycles. The van der Waals surface area contributed by atoms with E-state index >= 15 is 0 Å². The second-order valence-corrected chi connectivity index (χ2v) is 9.38. The zero-order valence-corrected chi connectivity index (χ0v) is 19.1. The molecular formula is C27H33N5. The number of aryl methyl sites for hydroxylation is 1. The molecule has 5 rings (SSSR count). The van der Waals surface area contributed by atoms with Crippen molar-refractivity contribution in [3.63, 3.8) is 0 Å². The zero-order chi connectivity index (χ0) is 21.9. The van der Waals surface area contributed by atoms with Crippen LogP contribution in [0.2, 0.25) is 0 Å². The number of nitrogens with zero attached hydrogens (tertiary/aromatic N) is 4. The Kier molecular flexibility index (Phi) is 6.08. The molecule has 2 heterocycles. The fourth-order valence-electron chi connectivity index (χ4n) is 5.35. The largest absolute Gasteiger partial charge is 0.361 e. The van der Waals surface area contributed by atoms with E-state index < -0.39 is 0 Å². The van der Waals surface area contributed by atoms with Gasteiger partial charge in [-0.2, -0.15) is 0 Å². The van der Waals surface area contributed by atoms with Gasteiger partial charge in [-0.15, -0.1) is 10.2 Å². The van der Waals surface area contributed by atoms with Gasteiger partial charge in [0.05, 0.1) is 0 Å². The smallest absolute Gasteiger partial charge is 0.123 e. The van der Waals surface area contributed by atoms with Crippen LogP contribution in [0.15, 0.2) is 67.4 Å². The first-order chi connectivity index (χ1) is 15.7. The van der Waals surface area contributed by atoms with Crippen LogP contribution in [0.3, 0.4) is 0 Å². The normalized spacial score (nSPS) is 20.1. The lowest BCUT2D eigenvalue weighted by atomic mass is 9.81. The molecule has 1 aliphatic rings. The van der Waals surface area contributed by atoms with E-state index in [4.69, 9.17) is 0 Å². The Labute approximate surface area is 190 Å². The van der Waals surface area contributed by atoms with E-state index in [1.54, 1.807) is 12.7 Å². The molecule has 1 atom stereocenters. The molecule has 1 unspecified atom stereocenters. The maximum Gasteiger partial charge on any atom is 0.123 e. The van der Waals surface area contributed by atoms with E-state index in [2.05, 4.69) is 88.8 Å². The summed E-state index contributed by atoms with van der Waals surface area (Å²) in [5.74, 6) is 0.831. The van der Waals surface area contributed by atoms with E-state index in [0.29, 0.717) is 12.1 Å². The minimum absolute atomic E-state index is 0.476. The molecule has 0 saturated heterocycles. The third-order valence-corrected chi connectivity index (χ3v) is 7.57. The van der Waals surface area contributed by atoms with Crippen LogP contribution in [0.5, 0.6) is 0 Å². The second-order valence-electron chi connectivity index (χ2n) is 9.38. The first-order valence-corrected chi connectivity index (χ1v) is 11.9. The molecule has 0 radical (unpaired) electrons. The van der Waals surface area contributed by atoms with E-state index in [9.17, 15) is 0 Å². The Balaban J connectivity index is 1.17. The van der Waals surface area contributed by atoms with Crippen LogP contribution < -0.4 is 0 Å². The highest BCUT2D eigenvalue weighted by Crippen LogP contribution is 2.34. The van der Waals surface area contributed by atoms with Gasteiger partial charge < -0.3 is 4.98 Å². The summed E-state index contributed by atoms with van der Waals surface area (Å²) in [6, 6.07) is 18.6. The summed E-state index contributed by atoms with van der Waals surface area (Å²) in [6.07, 6.45) is 13.4. The summed E-state index contributed by atoms with van der Waals surface area (Å²) in [6.45, 7) is 2.34. The Morgan fingerprint density at radius 2 is 1.78 bits per heavy atom. The number of fused-ring (bicyclic) bond motifs is 1. The van der Waals surface area contributed by atoms with Crippen molar-refractivity contribution in [3.05, 3.63) is 78.5 Å². The van der Waals surface area contributed by atoms with Gasteiger partial charge in [0.1, 0.15) is 12.7 Å². The molecule has 1 aliphatic carbocycles. The van der Waals surface area contributed by atoms with Crippen LogP contribution in [-0.2, 0) is 6.42 Å². The molecule has 5 heteroatoms. The summed E-state index contributed by atoms with van der Waals surface area (Å²) in [4.78, 5) is 6.05. The minimum atomic E-state index is 0.476. The number of hydrogen-bond donors (Lipinski definition) is 1. The number of H-pyrrole nitrogens is 1. The molecule has 1 saturated carbocycles. The first-order valence-electron chi connectivity index (χ1n) is 11.9. The Morgan fingerprint density at radius 1 is 1.03 bits per heavy atom. The maximum atomic E-state index is 3.93. The topological polar surface area (TPSA) is 49.7 Å². The van der Waals surface area contributed by atoms with Crippen molar-refractivity contribution in [1.29, 1.82) is 0 Å².